The second kappa shape index (κ2) is 5.67. The molecule has 0 spiro atoms. The fourth-order valence-corrected chi connectivity index (χ4v) is 1.57. The standard InChI is InChI=1S/C15H20FN/c1-6-12(4)17(13(5)11(2)3)15-9-7-14(16)8-10-15/h6-11H,5H2,1-4H3/b12-6+. The Labute approximate surface area is 103 Å². The van der Waals surface area contributed by atoms with Gasteiger partial charge in [-0.05, 0) is 44.0 Å². The van der Waals surface area contributed by atoms with Gasteiger partial charge in [0.15, 0.2) is 0 Å². The molecule has 0 amide bonds. The zero-order valence-corrected chi connectivity index (χ0v) is 11.0. The van der Waals surface area contributed by atoms with Gasteiger partial charge in [0.05, 0.1) is 0 Å². The summed E-state index contributed by atoms with van der Waals surface area (Å²) >= 11 is 0. The Morgan fingerprint density at radius 3 is 2.24 bits per heavy atom. The minimum absolute atomic E-state index is 0.220. The van der Waals surface area contributed by atoms with Crippen LogP contribution in [-0.4, -0.2) is 0 Å². The van der Waals surface area contributed by atoms with E-state index in [-0.39, 0.29) is 5.82 Å². The highest BCUT2D eigenvalue weighted by atomic mass is 19.1. The summed E-state index contributed by atoms with van der Waals surface area (Å²) in [6, 6.07) is 6.49. The Morgan fingerprint density at radius 2 is 1.82 bits per heavy atom. The monoisotopic (exact) mass is 233 g/mol. The first-order chi connectivity index (χ1) is 7.97. The molecule has 0 fully saturated rings. The van der Waals surface area contributed by atoms with Crippen LogP contribution < -0.4 is 4.90 Å². The topological polar surface area (TPSA) is 3.24 Å². The molecule has 0 saturated heterocycles. The maximum absolute atomic E-state index is 12.9. The van der Waals surface area contributed by atoms with Crippen molar-refractivity contribution < 1.29 is 4.39 Å². The molecule has 0 N–H and O–H groups in total. The lowest BCUT2D eigenvalue weighted by Crippen LogP contribution is -2.22. The van der Waals surface area contributed by atoms with Gasteiger partial charge in [0.25, 0.3) is 0 Å². The van der Waals surface area contributed by atoms with Crippen molar-refractivity contribution in [3.63, 3.8) is 0 Å². The summed E-state index contributed by atoms with van der Waals surface area (Å²) in [6.45, 7) is 12.3. The lowest BCUT2D eigenvalue weighted by Gasteiger charge is -2.29. The van der Waals surface area contributed by atoms with Crippen LogP contribution in [0.15, 0.2) is 48.3 Å². The molecule has 1 rings (SSSR count). The molecule has 0 aliphatic heterocycles. The Kier molecular flexibility index (Phi) is 4.50. The number of rotatable bonds is 4. The summed E-state index contributed by atoms with van der Waals surface area (Å²) in [5.74, 6) is 0.122. The summed E-state index contributed by atoms with van der Waals surface area (Å²) in [6.07, 6.45) is 2.02. The molecule has 0 aromatic heterocycles. The van der Waals surface area contributed by atoms with Crippen LogP contribution in [0.4, 0.5) is 10.1 Å². The molecule has 2 heteroatoms. The third kappa shape index (κ3) is 3.19. The van der Waals surface area contributed by atoms with E-state index in [1.807, 2.05) is 19.9 Å². The van der Waals surface area contributed by atoms with Crippen LogP contribution >= 0.6 is 0 Å². The highest BCUT2D eigenvalue weighted by Gasteiger charge is 2.14. The van der Waals surface area contributed by atoms with E-state index in [1.165, 1.54) is 12.1 Å². The van der Waals surface area contributed by atoms with Crippen LogP contribution in [0, 0.1) is 11.7 Å². The van der Waals surface area contributed by atoms with Crippen LogP contribution in [-0.2, 0) is 0 Å². The van der Waals surface area contributed by atoms with Gasteiger partial charge < -0.3 is 4.90 Å². The van der Waals surface area contributed by atoms with Gasteiger partial charge in [-0.25, -0.2) is 4.39 Å². The van der Waals surface area contributed by atoms with E-state index in [2.05, 4.69) is 25.3 Å². The fraction of sp³-hybridized carbons (Fsp3) is 0.333. The molecule has 92 valence electrons. The Hall–Kier alpha value is -1.57. The molecular formula is C15H20FN. The SMILES string of the molecule is C=C(C(C)C)N(/C(C)=C/C)c1ccc(F)cc1. The molecular weight excluding hydrogens is 213 g/mol. The maximum Gasteiger partial charge on any atom is 0.123 e. The van der Waals surface area contributed by atoms with Crippen LogP contribution in [0.5, 0.6) is 0 Å². The van der Waals surface area contributed by atoms with Gasteiger partial charge in [-0.2, -0.15) is 0 Å². The van der Waals surface area contributed by atoms with E-state index < -0.39 is 0 Å². The lowest BCUT2D eigenvalue weighted by atomic mass is 10.1. The van der Waals surface area contributed by atoms with Crippen molar-refractivity contribution in [2.45, 2.75) is 27.7 Å². The minimum atomic E-state index is -0.220. The van der Waals surface area contributed by atoms with Crippen molar-refractivity contribution in [3.8, 4) is 0 Å². The van der Waals surface area contributed by atoms with Crippen molar-refractivity contribution in [1.29, 1.82) is 0 Å². The van der Waals surface area contributed by atoms with Crippen molar-refractivity contribution in [2.75, 3.05) is 4.90 Å². The molecule has 0 aliphatic carbocycles. The van der Waals surface area contributed by atoms with Gasteiger partial charge in [-0.15, -0.1) is 0 Å². The zero-order chi connectivity index (χ0) is 13.0. The number of allylic oxidation sites excluding steroid dienone is 3. The third-order valence-electron chi connectivity index (χ3n) is 2.81. The van der Waals surface area contributed by atoms with Crippen molar-refractivity contribution in [2.24, 2.45) is 5.92 Å². The molecule has 0 saturated carbocycles. The van der Waals surface area contributed by atoms with Crippen molar-refractivity contribution >= 4 is 5.69 Å². The number of anilines is 1. The summed E-state index contributed by atoms with van der Waals surface area (Å²) in [5.41, 5.74) is 3.04. The number of hydrogen-bond acceptors (Lipinski definition) is 1. The zero-order valence-electron chi connectivity index (χ0n) is 11.0. The smallest absolute Gasteiger partial charge is 0.123 e. The van der Waals surface area contributed by atoms with E-state index in [9.17, 15) is 4.39 Å². The molecule has 1 aromatic rings. The molecule has 1 aromatic carbocycles. The van der Waals surface area contributed by atoms with E-state index in [0.717, 1.165) is 17.1 Å². The lowest BCUT2D eigenvalue weighted by molar-refractivity contribution is 0.627. The third-order valence-corrected chi connectivity index (χ3v) is 2.81. The van der Waals surface area contributed by atoms with Crippen LogP contribution in [0.3, 0.4) is 0 Å². The van der Waals surface area contributed by atoms with Crippen LogP contribution in [0.25, 0.3) is 0 Å². The van der Waals surface area contributed by atoms with Gasteiger partial charge in [-0.1, -0.05) is 26.5 Å². The van der Waals surface area contributed by atoms with Gasteiger partial charge in [0, 0.05) is 17.1 Å². The maximum atomic E-state index is 12.9. The largest absolute Gasteiger partial charge is 0.319 e. The normalized spacial score (nSPS) is 11.8. The average Bonchev–Trinajstić information content (AvgIpc) is 2.31. The Bertz CT molecular complexity index is 415. The van der Waals surface area contributed by atoms with E-state index >= 15 is 0 Å². The first-order valence-electron chi connectivity index (χ1n) is 5.84. The number of hydrogen-bond donors (Lipinski definition) is 0. The molecule has 1 nitrogen and oxygen atoms in total. The summed E-state index contributed by atoms with van der Waals surface area (Å²) in [5, 5.41) is 0. The summed E-state index contributed by atoms with van der Waals surface area (Å²) in [7, 11) is 0. The number of benzene rings is 1. The molecule has 0 heterocycles. The highest BCUT2D eigenvalue weighted by molar-refractivity contribution is 5.57. The molecule has 0 atom stereocenters. The minimum Gasteiger partial charge on any atom is -0.319 e. The molecule has 0 unspecified atom stereocenters. The second-order valence-electron chi connectivity index (χ2n) is 4.39. The van der Waals surface area contributed by atoms with Crippen LogP contribution in [0.1, 0.15) is 27.7 Å². The van der Waals surface area contributed by atoms with Gasteiger partial charge in [0.1, 0.15) is 5.82 Å². The average molecular weight is 233 g/mol. The second-order valence-corrected chi connectivity index (χ2v) is 4.39. The molecule has 17 heavy (non-hydrogen) atoms. The predicted molar refractivity (Wildman–Crippen MR) is 72.3 cm³/mol. The number of nitrogens with zero attached hydrogens (tertiary/aromatic N) is 1. The van der Waals surface area contributed by atoms with Crippen molar-refractivity contribution in [1.82, 2.24) is 0 Å². The quantitative estimate of drug-likeness (QED) is 0.727. The van der Waals surface area contributed by atoms with Crippen molar-refractivity contribution in [3.05, 3.63) is 54.1 Å². The Balaban J connectivity index is 3.15. The fourth-order valence-electron chi connectivity index (χ4n) is 1.57. The Morgan fingerprint density at radius 1 is 1.29 bits per heavy atom. The summed E-state index contributed by atoms with van der Waals surface area (Å²) in [4.78, 5) is 2.06. The first-order valence-corrected chi connectivity index (χ1v) is 5.84. The first kappa shape index (κ1) is 13.5. The van der Waals surface area contributed by atoms with E-state index in [0.29, 0.717) is 5.92 Å². The molecule has 0 aliphatic rings. The highest BCUT2D eigenvalue weighted by Crippen LogP contribution is 2.27. The summed E-state index contributed by atoms with van der Waals surface area (Å²) < 4.78 is 12.9. The molecule has 0 bridgehead atoms. The van der Waals surface area contributed by atoms with Crippen LogP contribution in [0.2, 0.25) is 0 Å². The van der Waals surface area contributed by atoms with Gasteiger partial charge in [-0.3, -0.25) is 0 Å². The van der Waals surface area contributed by atoms with E-state index in [1.54, 1.807) is 12.1 Å². The number of halogens is 1. The van der Waals surface area contributed by atoms with Gasteiger partial charge in [0.2, 0.25) is 0 Å². The van der Waals surface area contributed by atoms with E-state index in [4.69, 9.17) is 0 Å². The van der Waals surface area contributed by atoms with Gasteiger partial charge >= 0.3 is 0 Å². The predicted octanol–water partition coefficient (Wildman–Crippen LogP) is 4.73. The molecule has 0 radical (unpaired) electrons.